The molecule has 0 aliphatic heterocycles. The summed E-state index contributed by atoms with van der Waals surface area (Å²) in [4.78, 5) is 9.00. The molecule has 102 valence electrons. The molecule has 0 aromatic carbocycles. The fraction of sp³-hybridized carbons (Fsp3) is 0.786. The predicted molar refractivity (Wildman–Crippen MR) is 72.1 cm³/mol. The van der Waals surface area contributed by atoms with Crippen LogP contribution in [0.5, 0.6) is 0 Å². The summed E-state index contributed by atoms with van der Waals surface area (Å²) in [5.41, 5.74) is 0. The fourth-order valence-electron chi connectivity index (χ4n) is 1.29. The number of unbranched alkanes of at least 4 members (excludes halogenated alkanes) is 6. The van der Waals surface area contributed by atoms with E-state index in [1.54, 1.807) is 0 Å². The van der Waals surface area contributed by atoms with Crippen molar-refractivity contribution >= 4 is 5.97 Å². The number of hydrogen-bond acceptors (Lipinski definition) is 2. The minimum atomic E-state index is -0.833. The number of rotatable bonds is 9. The molecule has 17 heavy (non-hydrogen) atoms. The molecule has 0 heterocycles. The van der Waals surface area contributed by atoms with Crippen LogP contribution >= 0.6 is 0 Å². The average molecular weight is 244 g/mol. The van der Waals surface area contributed by atoms with Crippen molar-refractivity contribution in [3.05, 3.63) is 12.2 Å². The Morgan fingerprint density at radius 3 is 1.94 bits per heavy atom. The lowest BCUT2D eigenvalue weighted by molar-refractivity contribution is -0.134. The van der Waals surface area contributed by atoms with Crippen molar-refractivity contribution in [1.29, 1.82) is 0 Å². The molecule has 0 bridgehead atoms. The minimum Gasteiger partial charge on any atom is -0.481 e. The van der Waals surface area contributed by atoms with Gasteiger partial charge in [-0.3, -0.25) is 4.79 Å². The third-order valence-electron chi connectivity index (χ3n) is 2.17. The third-order valence-corrected chi connectivity index (χ3v) is 2.17. The summed E-state index contributed by atoms with van der Waals surface area (Å²) < 4.78 is 0. The molecule has 0 rings (SSSR count). The molecule has 0 unspecified atom stereocenters. The lowest BCUT2D eigenvalue weighted by Crippen LogP contribution is -1.82. The van der Waals surface area contributed by atoms with Gasteiger partial charge in [-0.2, -0.15) is 0 Å². The van der Waals surface area contributed by atoms with Gasteiger partial charge in [0.1, 0.15) is 0 Å². The van der Waals surface area contributed by atoms with E-state index in [0.717, 1.165) is 13.3 Å². The van der Waals surface area contributed by atoms with Crippen LogP contribution in [0.25, 0.3) is 0 Å². The Balaban J connectivity index is 0. The Kier molecular flexibility index (Phi) is 19.1. The van der Waals surface area contributed by atoms with Crippen LogP contribution < -0.4 is 0 Å². The van der Waals surface area contributed by atoms with Crippen LogP contribution in [0.3, 0.4) is 0 Å². The van der Waals surface area contributed by atoms with E-state index < -0.39 is 5.97 Å². The number of carbonyl (C=O) groups is 1. The van der Waals surface area contributed by atoms with Crippen molar-refractivity contribution in [1.82, 2.24) is 0 Å². The molecule has 0 aromatic heterocycles. The number of aliphatic carboxylic acids is 1. The predicted octanol–water partition coefficient (Wildman–Crippen LogP) is 3.77. The molecule has 3 heteroatoms. The molecule has 3 nitrogen and oxygen atoms in total. The monoisotopic (exact) mass is 244 g/mol. The zero-order valence-electron chi connectivity index (χ0n) is 11.3. The number of carboxylic acid groups (broad SMARTS) is 1. The molecule has 0 saturated carbocycles. The molecule has 0 aromatic rings. The number of hydrogen-bond donors (Lipinski definition) is 2. The summed E-state index contributed by atoms with van der Waals surface area (Å²) in [6.07, 6.45) is 14.4. The van der Waals surface area contributed by atoms with Gasteiger partial charge in [0.15, 0.2) is 0 Å². The SMILES string of the molecule is CC(=O)O.CCCCC=CCCCCCCO. The largest absolute Gasteiger partial charge is 0.481 e. The first kappa shape index (κ1) is 18.5. The summed E-state index contributed by atoms with van der Waals surface area (Å²) in [6, 6.07) is 0. The van der Waals surface area contributed by atoms with E-state index in [1.807, 2.05) is 0 Å². The zero-order valence-corrected chi connectivity index (χ0v) is 11.3. The van der Waals surface area contributed by atoms with Crippen LogP contribution in [0, 0.1) is 0 Å². The molecule has 0 atom stereocenters. The summed E-state index contributed by atoms with van der Waals surface area (Å²) in [7, 11) is 0. The molecule has 0 aliphatic carbocycles. The Labute approximate surface area is 106 Å². The Hall–Kier alpha value is -0.830. The van der Waals surface area contributed by atoms with Crippen LogP contribution in [0.15, 0.2) is 12.2 Å². The Morgan fingerprint density at radius 1 is 1.00 bits per heavy atom. The summed E-state index contributed by atoms with van der Waals surface area (Å²) in [5.74, 6) is -0.833. The van der Waals surface area contributed by atoms with Crippen LogP contribution in [-0.4, -0.2) is 22.8 Å². The fourth-order valence-corrected chi connectivity index (χ4v) is 1.29. The maximum Gasteiger partial charge on any atom is 0.300 e. The first-order chi connectivity index (χ1) is 8.15. The number of allylic oxidation sites excluding steroid dienone is 2. The Morgan fingerprint density at radius 2 is 1.47 bits per heavy atom. The van der Waals surface area contributed by atoms with Crippen LogP contribution in [0.4, 0.5) is 0 Å². The first-order valence-electron chi connectivity index (χ1n) is 6.60. The minimum absolute atomic E-state index is 0.354. The summed E-state index contributed by atoms with van der Waals surface area (Å²) >= 11 is 0. The van der Waals surface area contributed by atoms with Gasteiger partial charge in [0.2, 0.25) is 0 Å². The van der Waals surface area contributed by atoms with E-state index in [9.17, 15) is 0 Å². The molecule has 0 radical (unpaired) electrons. The standard InChI is InChI=1S/C12H24O.C2H4O2/c1-2-3-4-5-6-7-8-9-10-11-12-13;1-2(3)4/h5-6,13H,2-4,7-12H2,1H3;1H3,(H,3,4). The van der Waals surface area contributed by atoms with E-state index in [4.69, 9.17) is 15.0 Å². The summed E-state index contributed by atoms with van der Waals surface area (Å²) in [6.45, 7) is 3.66. The second kappa shape index (κ2) is 17.6. The van der Waals surface area contributed by atoms with Gasteiger partial charge in [-0.25, -0.2) is 0 Å². The normalized spacial score (nSPS) is 10.1. The van der Waals surface area contributed by atoms with E-state index in [2.05, 4.69) is 19.1 Å². The van der Waals surface area contributed by atoms with Gasteiger partial charge in [-0.15, -0.1) is 0 Å². The number of aliphatic hydroxyl groups is 1. The highest BCUT2D eigenvalue weighted by molar-refractivity contribution is 5.62. The Bertz CT molecular complexity index is 172. The highest BCUT2D eigenvalue weighted by Gasteiger charge is 1.86. The van der Waals surface area contributed by atoms with Gasteiger partial charge in [0.25, 0.3) is 5.97 Å². The molecule has 0 spiro atoms. The molecule has 0 aliphatic rings. The molecular weight excluding hydrogens is 216 g/mol. The highest BCUT2D eigenvalue weighted by atomic mass is 16.4. The lowest BCUT2D eigenvalue weighted by Gasteiger charge is -1.95. The van der Waals surface area contributed by atoms with E-state index >= 15 is 0 Å². The maximum atomic E-state index is 9.00. The van der Waals surface area contributed by atoms with E-state index in [1.165, 1.54) is 44.9 Å². The smallest absolute Gasteiger partial charge is 0.300 e. The van der Waals surface area contributed by atoms with Crippen LogP contribution in [-0.2, 0) is 4.79 Å². The maximum absolute atomic E-state index is 9.00. The van der Waals surface area contributed by atoms with Crippen molar-refractivity contribution < 1.29 is 15.0 Å². The molecule has 0 fully saturated rings. The van der Waals surface area contributed by atoms with E-state index in [-0.39, 0.29) is 0 Å². The topological polar surface area (TPSA) is 57.5 Å². The van der Waals surface area contributed by atoms with Crippen molar-refractivity contribution in [2.45, 2.75) is 65.2 Å². The van der Waals surface area contributed by atoms with Crippen LogP contribution in [0.1, 0.15) is 65.2 Å². The molecule has 0 saturated heterocycles. The first-order valence-corrected chi connectivity index (χ1v) is 6.60. The zero-order chi connectivity index (χ0) is 13.4. The quantitative estimate of drug-likeness (QED) is 0.479. The molecule has 0 amide bonds. The summed E-state index contributed by atoms with van der Waals surface area (Å²) in [5, 5.41) is 16.0. The van der Waals surface area contributed by atoms with Crippen molar-refractivity contribution in [3.63, 3.8) is 0 Å². The average Bonchev–Trinajstić information content (AvgIpc) is 2.26. The van der Waals surface area contributed by atoms with Crippen molar-refractivity contribution in [2.75, 3.05) is 6.61 Å². The van der Waals surface area contributed by atoms with Gasteiger partial charge < -0.3 is 10.2 Å². The lowest BCUT2D eigenvalue weighted by atomic mass is 10.1. The molecular formula is C14H28O3. The van der Waals surface area contributed by atoms with Gasteiger partial charge in [0.05, 0.1) is 0 Å². The van der Waals surface area contributed by atoms with Crippen molar-refractivity contribution in [3.8, 4) is 0 Å². The number of aliphatic hydroxyl groups excluding tert-OH is 1. The van der Waals surface area contributed by atoms with Gasteiger partial charge in [-0.1, -0.05) is 44.8 Å². The second-order valence-electron chi connectivity index (χ2n) is 4.06. The van der Waals surface area contributed by atoms with E-state index in [0.29, 0.717) is 6.61 Å². The van der Waals surface area contributed by atoms with Gasteiger partial charge in [0, 0.05) is 13.5 Å². The third kappa shape index (κ3) is 31.3. The van der Waals surface area contributed by atoms with Crippen molar-refractivity contribution in [2.24, 2.45) is 0 Å². The number of carboxylic acids is 1. The van der Waals surface area contributed by atoms with Gasteiger partial charge >= 0.3 is 0 Å². The van der Waals surface area contributed by atoms with Crippen LogP contribution in [0.2, 0.25) is 0 Å². The van der Waals surface area contributed by atoms with Gasteiger partial charge in [-0.05, 0) is 25.7 Å². The highest BCUT2D eigenvalue weighted by Crippen LogP contribution is 2.04. The second-order valence-corrected chi connectivity index (χ2v) is 4.06. The molecule has 2 N–H and O–H groups in total.